The highest BCUT2D eigenvalue weighted by atomic mass is 16.1. The van der Waals surface area contributed by atoms with Gasteiger partial charge in [-0.15, -0.1) is 0 Å². The van der Waals surface area contributed by atoms with Crippen molar-refractivity contribution in [1.29, 1.82) is 5.41 Å². The molecular weight excluding hydrogens is 210 g/mol. The fourth-order valence-electron chi connectivity index (χ4n) is 1.77. The van der Waals surface area contributed by atoms with Crippen molar-refractivity contribution in [3.63, 3.8) is 0 Å². The van der Waals surface area contributed by atoms with E-state index in [1.54, 1.807) is 12.1 Å². The average molecular weight is 223 g/mol. The van der Waals surface area contributed by atoms with E-state index in [9.17, 15) is 4.79 Å². The van der Waals surface area contributed by atoms with Gasteiger partial charge in [-0.2, -0.15) is 0 Å². The van der Waals surface area contributed by atoms with Crippen LogP contribution in [0.25, 0.3) is 0 Å². The molecule has 2 aromatic carbocycles. The molecule has 0 bridgehead atoms. The number of carbonyl (C=O) groups excluding carboxylic acids is 1. The van der Waals surface area contributed by atoms with Crippen molar-refractivity contribution in [1.82, 2.24) is 0 Å². The summed E-state index contributed by atoms with van der Waals surface area (Å²) in [5, 5.41) is 7.43. The van der Waals surface area contributed by atoms with Crippen LogP contribution >= 0.6 is 0 Å². The van der Waals surface area contributed by atoms with Gasteiger partial charge < -0.3 is 5.41 Å². The molecule has 2 nitrogen and oxygen atoms in total. The maximum atomic E-state index is 12.2. The molecule has 0 saturated heterocycles. The molecule has 0 saturated carbocycles. The molecule has 0 radical (unpaired) electrons. The molecule has 2 aromatic rings. The Labute approximate surface area is 100 Å². The minimum absolute atomic E-state index is 0.0354. The van der Waals surface area contributed by atoms with E-state index in [0.717, 1.165) is 5.56 Å². The van der Waals surface area contributed by atoms with Gasteiger partial charge in [0.1, 0.15) is 0 Å². The normalized spacial score (nSPS) is 11.8. The van der Waals surface area contributed by atoms with Crippen LogP contribution in [0.4, 0.5) is 0 Å². The van der Waals surface area contributed by atoms with E-state index in [1.807, 2.05) is 48.5 Å². The van der Waals surface area contributed by atoms with Gasteiger partial charge in [0.25, 0.3) is 0 Å². The topological polar surface area (TPSA) is 40.9 Å². The molecular formula is C15H13NO. The summed E-state index contributed by atoms with van der Waals surface area (Å²) in [7, 11) is 0. The summed E-state index contributed by atoms with van der Waals surface area (Å²) >= 11 is 0. The predicted octanol–water partition coefficient (Wildman–Crippen LogP) is 3.30. The first-order chi connectivity index (χ1) is 8.33. The van der Waals surface area contributed by atoms with Crippen LogP contribution in [-0.2, 0) is 0 Å². The molecule has 0 aromatic heterocycles. The van der Waals surface area contributed by atoms with Crippen LogP contribution in [0.1, 0.15) is 21.8 Å². The maximum absolute atomic E-state index is 12.2. The number of nitrogens with one attached hydrogen (secondary N) is 1. The number of ketones is 1. The summed E-state index contributed by atoms with van der Waals surface area (Å²) in [4.78, 5) is 12.2. The lowest BCUT2D eigenvalue weighted by Gasteiger charge is -2.10. The molecule has 0 fully saturated rings. The van der Waals surface area contributed by atoms with Gasteiger partial charge in [0.05, 0.1) is 5.92 Å². The van der Waals surface area contributed by atoms with Gasteiger partial charge in [-0.3, -0.25) is 4.79 Å². The molecule has 0 spiro atoms. The second-order valence-electron chi connectivity index (χ2n) is 3.79. The molecule has 2 rings (SSSR count). The monoisotopic (exact) mass is 223 g/mol. The van der Waals surface area contributed by atoms with E-state index in [4.69, 9.17) is 5.41 Å². The van der Waals surface area contributed by atoms with Gasteiger partial charge in [0.2, 0.25) is 0 Å². The average Bonchev–Trinajstić information content (AvgIpc) is 2.42. The third-order valence-corrected chi connectivity index (χ3v) is 2.67. The largest absolute Gasteiger partial charge is 0.312 e. The standard InChI is InChI=1S/C15H13NO/c16-11-14(12-7-3-1-4-8-12)15(17)13-9-5-2-6-10-13/h1-11,14,16H/t14-/m0/s1. The molecule has 0 aliphatic carbocycles. The first-order valence-corrected chi connectivity index (χ1v) is 5.47. The Morgan fingerprint density at radius 3 is 2.00 bits per heavy atom. The zero-order chi connectivity index (χ0) is 12.1. The molecule has 0 heterocycles. The summed E-state index contributed by atoms with van der Waals surface area (Å²) < 4.78 is 0. The molecule has 1 atom stereocenters. The maximum Gasteiger partial charge on any atom is 0.175 e. The van der Waals surface area contributed by atoms with E-state index in [0.29, 0.717) is 5.56 Å². The first kappa shape index (κ1) is 11.3. The number of hydrogen-bond donors (Lipinski definition) is 1. The number of rotatable bonds is 4. The molecule has 84 valence electrons. The fraction of sp³-hybridized carbons (Fsp3) is 0.0667. The van der Waals surface area contributed by atoms with Crippen LogP contribution in [-0.4, -0.2) is 12.0 Å². The van der Waals surface area contributed by atoms with Crippen LogP contribution < -0.4 is 0 Å². The Morgan fingerprint density at radius 2 is 1.47 bits per heavy atom. The third-order valence-electron chi connectivity index (χ3n) is 2.67. The first-order valence-electron chi connectivity index (χ1n) is 5.47. The SMILES string of the molecule is N=C[C@H](C(=O)c1ccccc1)c1ccccc1. The van der Waals surface area contributed by atoms with Gasteiger partial charge in [-0.1, -0.05) is 60.7 Å². The summed E-state index contributed by atoms with van der Waals surface area (Å²) in [6.07, 6.45) is 1.20. The Morgan fingerprint density at radius 1 is 0.941 bits per heavy atom. The molecule has 0 aliphatic rings. The van der Waals surface area contributed by atoms with E-state index in [-0.39, 0.29) is 5.78 Å². The number of hydrogen-bond acceptors (Lipinski definition) is 2. The van der Waals surface area contributed by atoms with Crippen molar-refractivity contribution in [3.8, 4) is 0 Å². The third kappa shape index (κ3) is 2.48. The van der Waals surface area contributed by atoms with Gasteiger partial charge >= 0.3 is 0 Å². The highest BCUT2D eigenvalue weighted by molar-refractivity contribution is 6.09. The Bertz CT molecular complexity index is 505. The number of Topliss-reactive ketones (excluding diaryl/α,β-unsaturated/α-hetero) is 1. The van der Waals surface area contributed by atoms with Crippen LogP contribution in [0.2, 0.25) is 0 Å². The summed E-state index contributed by atoms with van der Waals surface area (Å²) in [6, 6.07) is 18.5. The second-order valence-corrected chi connectivity index (χ2v) is 3.79. The minimum Gasteiger partial charge on any atom is -0.312 e. The molecule has 0 amide bonds. The lowest BCUT2D eigenvalue weighted by Crippen LogP contribution is -2.13. The summed E-state index contributed by atoms with van der Waals surface area (Å²) in [6.45, 7) is 0. The van der Waals surface area contributed by atoms with Crippen LogP contribution in [0.15, 0.2) is 60.7 Å². The molecule has 17 heavy (non-hydrogen) atoms. The van der Waals surface area contributed by atoms with Crippen molar-refractivity contribution in [2.45, 2.75) is 5.92 Å². The van der Waals surface area contributed by atoms with Crippen LogP contribution in [0.3, 0.4) is 0 Å². The van der Waals surface area contributed by atoms with Gasteiger partial charge in [0, 0.05) is 11.8 Å². The van der Waals surface area contributed by atoms with Gasteiger partial charge in [-0.25, -0.2) is 0 Å². The quantitative estimate of drug-likeness (QED) is 0.627. The van der Waals surface area contributed by atoms with Crippen molar-refractivity contribution < 1.29 is 4.79 Å². The van der Waals surface area contributed by atoms with Crippen molar-refractivity contribution in [2.75, 3.05) is 0 Å². The van der Waals surface area contributed by atoms with Gasteiger partial charge in [0.15, 0.2) is 5.78 Å². The Hall–Kier alpha value is -2.22. The molecule has 0 unspecified atom stereocenters. The van der Waals surface area contributed by atoms with E-state index >= 15 is 0 Å². The lowest BCUT2D eigenvalue weighted by molar-refractivity contribution is 0.0984. The fourth-order valence-corrected chi connectivity index (χ4v) is 1.77. The second kappa shape index (κ2) is 5.21. The van der Waals surface area contributed by atoms with Crippen molar-refractivity contribution in [2.24, 2.45) is 0 Å². The van der Waals surface area contributed by atoms with E-state index < -0.39 is 5.92 Å². The van der Waals surface area contributed by atoms with Crippen LogP contribution in [0.5, 0.6) is 0 Å². The zero-order valence-electron chi connectivity index (χ0n) is 9.34. The lowest BCUT2D eigenvalue weighted by atomic mass is 9.92. The number of carbonyl (C=O) groups is 1. The van der Waals surface area contributed by atoms with Crippen LogP contribution in [0, 0.1) is 5.41 Å². The highest BCUT2D eigenvalue weighted by Crippen LogP contribution is 2.18. The molecule has 0 aliphatic heterocycles. The Kier molecular flexibility index (Phi) is 3.46. The van der Waals surface area contributed by atoms with Crippen molar-refractivity contribution in [3.05, 3.63) is 71.8 Å². The van der Waals surface area contributed by atoms with Gasteiger partial charge in [-0.05, 0) is 5.56 Å². The Balaban J connectivity index is 2.32. The molecule has 2 heteroatoms. The minimum atomic E-state index is -0.487. The molecule has 1 N–H and O–H groups in total. The predicted molar refractivity (Wildman–Crippen MR) is 68.7 cm³/mol. The smallest absolute Gasteiger partial charge is 0.175 e. The van der Waals surface area contributed by atoms with E-state index in [1.165, 1.54) is 6.21 Å². The van der Waals surface area contributed by atoms with E-state index in [2.05, 4.69) is 0 Å². The highest BCUT2D eigenvalue weighted by Gasteiger charge is 2.18. The summed E-state index contributed by atoms with van der Waals surface area (Å²) in [5.41, 5.74) is 1.50. The zero-order valence-corrected chi connectivity index (χ0v) is 9.34. The number of benzene rings is 2. The summed E-state index contributed by atoms with van der Waals surface area (Å²) in [5.74, 6) is -0.523. The van der Waals surface area contributed by atoms with Crippen molar-refractivity contribution >= 4 is 12.0 Å².